The largest absolute Gasteiger partial charge is 0.508 e. The van der Waals surface area contributed by atoms with E-state index in [9.17, 15) is 39.0 Å². The molecule has 1 heterocycles. The maximum Gasteiger partial charge on any atom is 0.408 e. The first-order chi connectivity index (χ1) is 30.5. The number of carbonyl (C=O) groups is 6. The SMILES string of the molecule is Cc1cc(O)cc(C)c1C[C@H](NC(=O)OC(C)(C)C)C(=O)N1Cc2ccccc2C[C@H]1C(=O)N[C@@H](Cc1ccccc1)C(=O)N[C@@H](CCCCNC(=O)OCc1ccccc1)C(=O)O. The van der Waals surface area contributed by atoms with E-state index in [1.54, 1.807) is 77.1 Å². The number of aromatic hydroxyl groups is 1. The van der Waals surface area contributed by atoms with Crippen LogP contribution in [-0.2, 0) is 61.1 Å². The molecule has 0 bridgehead atoms. The van der Waals surface area contributed by atoms with E-state index in [0.29, 0.717) is 29.5 Å². The normalized spacial score (nSPS) is 14.8. The molecule has 4 aromatic rings. The Bertz CT molecular complexity index is 2240. The van der Waals surface area contributed by atoms with Gasteiger partial charge in [-0.2, -0.15) is 0 Å². The van der Waals surface area contributed by atoms with E-state index in [2.05, 4.69) is 21.3 Å². The summed E-state index contributed by atoms with van der Waals surface area (Å²) in [6.45, 7) is 9.04. The molecule has 5 amide bonds. The number of hydrogen-bond acceptors (Lipinski definition) is 9. The minimum absolute atomic E-state index is 0.0131. The predicted molar refractivity (Wildman–Crippen MR) is 239 cm³/mol. The summed E-state index contributed by atoms with van der Waals surface area (Å²) in [5, 5.41) is 31.2. The average molecular weight is 878 g/mol. The fraction of sp³-hybridized carbons (Fsp3) is 0.388. The zero-order valence-corrected chi connectivity index (χ0v) is 37.0. The Hall–Kier alpha value is -6.90. The molecule has 340 valence electrons. The fourth-order valence-electron chi connectivity index (χ4n) is 7.63. The second-order valence-electron chi connectivity index (χ2n) is 17.1. The Morgan fingerprint density at radius 2 is 1.34 bits per heavy atom. The van der Waals surface area contributed by atoms with Crippen LogP contribution in [0.4, 0.5) is 9.59 Å². The van der Waals surface area contributed by atoms with Gasteiger partial charge in [0.2, 0.25) is 17.7 Å². The van der Waals surface area contributed by atoms with Crippen LogP contribution in [0.25, 0.3) is 0 Å². The number of benzene rings is 4. The van der Waals surface area contributed by atoms with Crippen LogP contribution in [0.1, 0.15) is 79.0 Å². The van der Waals surface area contributed by atoms with Crippen molar-refractivity contribution in [3.05, 3.63) is 136 Å². The Morgan fingerprint density at radius 3 is 1.97 bits per heavy atom. The van der Waals surface area contributed by atoms with Crippen molar-refractivity contribution >= 4 is 35.9 Å². The van der Waals surface area contributed by atoms with Crippen molar-refractivity contribution < 1.29 is 48.5 Å². The lowest BCUT2D eigenvalue weighted by atomic mass is 9.91. The van der Waals surface area contributed by atoms with Gasteiger partial charge in [-0.1, -0.05) is 84.9 Å². The van der Waals surface area contributed by atoms with Crippen molar-refractivity contribution in [1.82, 2.24) is 26.2 Å². The number of hydrogen-bond donors (Lipinski definition) is 6. The van der Waals surface area contributed by atoms with Crippen LogP contribution in [0, 0.1) is 13.8 Å². The number of phenols is 1. The third-order valence-corrected chi connectivity index (χ3v) is 10.8. The first kappa shape index (κ1) is 48.1. The van der Waals surface area contributed by atoms with E-state index < -0.39 is 65.6 Å². The average Bonchev–Trinajstić information content (AvgIpc) is 3.24. The van der Waals surface area contributed by atoms with Gasteiger partial charge in [-0.05, 0) is 105 Å². The highest BCUT2D eigenvalue weighted by Crippen LogP contribution is 2.27. The summed E-state index contributed by atoms with van der Waals surface area (Å²) in [5.74, 6) is -3.16. The van der Waals surface area contributed by atoms with Crippen molar-refractivity contribution in [1.29, 1.82) is 0 Å². The Labute approximate surface area is 373 Å². The molecule has 4 aromatic carbocycles. The minimum atomic E-state index is -1.31. The summed E-state index contributed by atoms with van der Waals surface area (Å²) in [6, 6.07) is 23.8. The van der Waals surface area contributed by atoms with E-state index >= 15 is 0 Å². The fourth-order valence-corrected chi connectivity index (χ4v) is 7.63. The second kappa shape index (κ2) is 22.5. The molecule has 1 aliphatic heterocycles. The van der Waals surface area contributed by atoms with Gasteiger partial charge in [0.05, 0.1) is 0 Å². The second-order valence-corrected chi connectivity index (χ2v) is 17.1. The summed E-state index contributed by atoms with van der Waals surface area (Å²) in [7, 11) is 0. The van der Waals surface area contributed by atoms with Crippen LogP contribution < -0.4 is 21.3 Å². The van der Waals surface area contributed by atoms with Gasteiger partial charge in [0.1, 0.15) is 42.1 Å². The number of unbranched alkanes of at least 4 members (excludes halogenated alkanes) is 1. The molecule has 0 saturated carbocycles. The summed E-state index contributed by atoms with van der Waals surface area (Å²) < 4.78 is 10.8. The number of alkyl carbamates (subject to hydrolysis) is 2. The van der Waals surface area contributed by atoms with E-state index in [-0.39, 0.29) is 51.1 Å². The zero-order valence-electron chi connectivity index (χ0n) is 37.0. The molecule has 15 nitrogen and oxygen atoms in total. The molecule has 6 N–H and O–H groups in total. The van der Waals surface area contributed by atoms with Gasteiger partial charge in [0, 0.05) is 32.4 Å². The Kier molecular flexibility index (Phi) is 16.9. The first-order valence-corrected chi connectivity index (χ1v) is 21.4. The summed E-state index contributed by atoms with van der Waals surface area (Å²) in [4.78, 5) is 82.9. The van der Waals surface area contributed by atoms with Gasteiger partial charge in [0.25, 0.3) is 0 Å². The van der Waals surface area contributed by atoms with Crippen molar-refractivity contribution in [2.45, 2.75) is 116 Å². The van der Waals surface area contributed by atoms with Crippen LogP contribution in [0.2, 0.25) is 0 Å². The van der Waals surface area contributed by atoms with Crippen molar-refractivity contribution in [3.63, 3.8) is 0 Å². The number of phenolic OH excluding ortho intramolecular Hbond substituents is 1. The van der Waals surface area contributed by atoms with Gasteiger partial charge in [-0.3, -0.25) is 14.4 Å². The Balaban J connectivity index is 1.34. The number of amides is 5. The number of aliphatic carboxylic acids is 1. The molecule has 4 atom stereocenters. The summed E-state index contributed by atoms with van der Waals surface area (Å²) >= 11 is 0. The predicted octanol–water partition coefficient (Wildman–Crippen LogP) is 5.79. The molecule has 64 heavy (non-hydrogen) atoms. The molecule has 0 unspecified atom stereocenters. The van der Waals surface area contributed by atoms with Gasteiger partial charge in [-0.15, -0.1) is 0 Å². The maximum absolute atomic E-state index is 14.9. The molecule has 0 aliphatic carbocycles. The topological polar surface area (TPSA) is 213 Å². The molecule has 0 aromatic heterocycles. The number of ether oxygens (including phenoxy) is 2. The smallest absolute Gasteiger partial charge is 0.408 e. The first-order valence-electron chi connectivity index (χ1n) is 21.4. The lowest BCUT2D eigenvalue weighted by molar-refractivity contribution is -0.145. The lowest BCUT2D eigenvalue weighted by Gasteiger charge is -2.39. The van der Waals surface area contributed by atoms with Crippen LogP contribution in [0.15, 0.2) is 97.1 Å². The third-order valence-electron chi connectivity index (χ3n) is 10.8. The highest BCUT2D eigenvalue weighted by molar-refractivity contribution is 5.95. The molecule has 0 saturated heterocycles. The standard InChI is InChI=1S/C49H59N5O10/c1-31-24-37(55)25-32(2)38(31)28-41(53-48(62)64-49(3,4)5)45(58)54-29-36-21-13-12-20-35(36)27-42(54)44(57)52-40(26-33-16-8-6-9-17-33)43(56)51-39(46(59)60)22-14-15-23-50-47(61)63-30-34-18-10-7-11-19-34/h6-13,16-21,24-25,39-42,55H,14-15,22-23,26-30H2,1-5H3,(H,50,61)(H,51,56)(H,52,57)(H,53,62)(H,59,60)/t39-,40-,41-,42-/m0/s1. The van der Waals surface area contributed by atoms with E-state index in [1.165, 1.54) is 4.90 Å². The quantitative estimate of drug-likeness (QED) is 0.0662. The number of carboxylic acid groups (broad SMARTS) is 1. The van der Waals surface area contributed by atoms with Gasteiger partial charge >= 0.3 is 18.2 Å². The Morgan fingerprint density at radius 1 is 0.734 bits per heavy atom. The monoisotopic (exact) mass is 877 g/mol. The zero-order chi connectivity index (χ0) is 46.4. The number of carboxylic acids is 1. The molecule has 15 heteroatoms. The van der Waals surface area contributed by atoms with E-state index in [0.717, 1.165) is 22.3 Å². The molecular formula is C49H59N5O10. The summed E-state index contributed by atoms with van der Waals surface area (Å²) in [6.07, 6.45) is -0.518. The van der Waals surface area contributed by atoms with Gasteiger partial charge < -0.3 is 45.9 Å². The maximum atomic E-state index is 14.9. The molecule has 0 spiro atoms. The number of carbonyl (C=O) groups excluding carboxylic acids is 5. The van der Waals surface area contributed by atoms with Crippen LogP contribution in [-0.4, -0.2) is 87.3 Å². The van der Waals surface area contributed by atoms with E-state index in [1.807, 2.05) is 54.6 Å². The molecule has 0 fully saturated rings. The van der Waals surface area contributed by atoms with Crippen LogP contribution in [0.3, 0.4) is 0 Å². The number of rotatable bonds is 18. The summed E-state index contributed by atoms with van der Waals surface area (Å²) in [5.41, 5.74) is 4.40. The number of aryl methyl sites for hydroxylation is 2. The number of nitrogens with zero attached hydrogens (tertiary/aromatic N) is 1. The van der Waals surface area contributed by atoms with E-state index in [4.69, 9.17) is 9.47 Å². The number of fused-ring (bicyclic) bond motifs is 1. The number of nitrogens with one attached hydrogen (secondary N) is 4. The van der Waals surface area contributed by atoms with Crippen molar-refractivity contribution in [2.24, 2.45) is 0 Å². The third kappa shape index (κ3) is 14.3. The van der Waals surface area contributed by atoms with Crippen LogP contribution in [0.5, 0.6) is 5.75 Å². The molecule has 5 rings (SSSR count). The highest BCUT2D eigenvalue weighted by Gasteiger charge is 2.40. The molecule has 0 radical (unpaired) electrons. The van der Waals surface area contributed by atoms with Gasteiger partial charge in [-0.25, -0.2) is 14.4 Å². The minimum Gasteiger partial charge on any atom is -0.508 e. The molecule has 1 aliphatic rings. The van der Waals surface area contributed by atoms with Crippen molar-refractivity contribution in [2.75, 3.05) is 6.54 Å². The lowest BCUT2D eigenvalue weighted by Crippen LogP contribution is -2.61. The molecular weight excluding hydrogens is 819 g/mol. The van der Waals surface area contributed by atoms with Crippen molar-refractivity contribution in [3.8, 4) is 5.75 Å². The highest BCUT2D eigenvalue weighted by atomic mass is 16.6. The van der Waals surface area contributed by atoms with Crippen LogP contribution >= 0.6 is 0 Å². The van der Waals surface area contributed by atoms with Gasteiger partial charge in [0.15, 0.2) is 0 Å².